The van der Waals surface area contributed by atoms with Gasteiger partial charge in [0.05, 0.1) is 17.9 Å². The molecule has 0 heterocycles. The first kappa shape index (κ1) is 16.6. The van der Waals surface area contributed by atoms with E-state index in [9.17, 15) is 18.0 Å². The van der Waals surface area contributed by atoms with Crippen LogP contribution in [0.15, 0.2) is 24.3 Å². The Hall–Kier alpha value is -1.72. The number of alkyl halides is 3. The lowest BCUT2D eigenvalue weighted by Gasteiger charge is -2.14. The van der Waals surface area contributed by atoms with Gasteiger partial charge in [-0.15, -0.1) is 0 Å². The van der Waals surface area contributed by atoms with Crippen molar-refractivity contribution < 1.29 is 22.7 Å². The lowest BCUT2D eigenvalue weighted by Crippen LogP contribution is -2.27. The van der Waals surface area contributed by atoms with Crippen molar-refractivity contribution in [2.24, 2.45) is 17.3 Å². The largest absolute Gasteiger partial charge is 0.493 e. The van der Waals surface area contributed by atoms with E-state index in [2.05, 4.69) is 5.32 Å². The summed E-state index contributed by atoms with van der Waals surface area (Å²) in [4.78, 5) is 12.0. The number of carbonyl (C=O) groups is 1. The molecule has 0 spiro atoms. The maximum Gasteiger partial charge on any atom is 0.392 e. The van der Waals surface area contributed by atoms with Crippen LogP contribution in [0.25, 0.3) is 0 Å². The molecular formula is C16H20F3NO2. The molecule has 1 aromatic rings. The second-order valence-electron chi connectivity index (χ2n) is 6.40. The number of ether oxygens (including phenoxy) is 1. The Balaban J connectivity index is 1.93. The van der Waals surface area contributed by atoms with Crippen molar-refractivity contribution in [1.29, 1.82) is 0 Å². The standard InChI is InChI=1S/C16H20F3NO2/c1-10(2)9-22-12-6-4-11(5-7-12)20-14(21)15(3)8-13(15)16(17,18)19/h4-7,10,13H,8-9H2,1-3H3,(H,20,21). The molecule has 3 nitrogen and oxygen atoms in total. The first-order chi connectivity index (χ1) is 10.1. The van der Waals surface area contributed by atoms with Crippen molar-refractivity contribution in [3.8, 4) is 5.75 Å². The molecule has 0 aromatic heterocycles. The maximum absolute atomic E-state index is 12.6. The van der Waals surface area contributed by atoms with Crippen LogP contribution < -0.4 is 10.1 Å². The minimum Gasteiger partial charge on any atom is -0.493 e. The lowest BCUT2D eigenvalue weighted by molar-refractivity contribution is -0.159. The monoisotopic (exact) mass is 315 g/mol. The number of hydrogen-bond acceptors (Lipinski definition) is 2. The van der Waals surface area contributed by atoms with Crippen molar-refractivity contribution in [3.63, 3.8) is 0 Å². The summed E-state index contributed by atoms with van der Waals surface area (Å²) in [6, 6.07) is 6.63. The first-order valence-corrected chi connectivity index (χ1v) is 7.24. The molecule has 1 amide bonds. The third kappa shape index (κ3) is 3.72. The summed E-state index contributed by atoms with van der Waals surface area (Å²) in [5.74, 6) is -1.08. The average molecular weight is 315 g/mol. The maximum atomic E-state index is 12.6. The van der Waals surface area contributed by atoms with Gasteiger partial charge in [0.15, 0.2) is 0 Å². The van der Waals surface area contributed by atoms with Crippen LogP contribution in [-0.4, -0.2) is 18.7 Å². The summed E-state index contributed by atoms with van der Waals surface area (Å²) in [7, 11) is 0. The zero-order chi connectivity index (χ0) is 16.5. The third-order valence-corrected chi connectivity index (χ3v) is 3.85. The number of rotatable bonds is 5. The Morgan fingerprint density at radius 3 is 2.41 bits per heavy atom. The Labute approximate surface area is 127 Å². The molecule has 0 bridgehead atoms. The predicted molar refractivity (Wildman–Crippen MR) is 77.7 cm³/mol. The van der Waals surface area contributed by atoms with Crippen molar-refractivity contribution in [2.75, 3.05) is 11.9 Å². The van der Waals surface area contributed by atoms with Crippen LogP contribution in [-0.2, 0) is 4.79 Å². The van der Waals surface area contributed by atoms with Gasteiger partial charge in [0.2, 0.25) is 5.91 Å². The third-order valence-electron chi connectivity index (χ3n) is 3.85. The van der Waals surface area contributed by atoms with Crippen LogP contribution in [0.2, 0.25) is 0 Å². The summed E-state index contributed by atoms with van der Waals surface area (Å²) in [6.07, 6.45) is -4.47. The van der Waals surface area contributed by atoms with Crippen LogP contribution >= 0.6 is 0 Å². The highest BCUT2D eigenvalue weighted by atomic mass is 19.4. The minimum absolute atomic E-state index is 0.155. The summed E-state index contributed by atoms with van der Waals surface area (Å²) in [5.41, 5.74) is -0.888. The fraction of sp³-hybridized carbons (Fsp3) is 0.562. The van der Waals surface area contributed by atoms with Crippen LogP contribution in [0.5, 0.6) is 5.75 Å². The summed E-state index contributed by atoms with van der Waals surface area (Å²) in [5, 5.41) is 2.54. The molecule has 1 saturated carbocycles. The quantitative estimate of drug-likeness (QED) is 0.882. The van der Waals surface area contributed by atoms with Gasteiger partial charge >= 0.3 is 6.18 Å². The van der Waals surface area contributed by atoms with E-state index in [0.717, 1.165) is 0 Å². The van der Waals surface area contributed by atoms with Crippen molar-refractivity contribution in [2.45, 2.75) is 33.4 Å². The van der Waals surface area contributed by atoms with Gasteiger partial charge in [-0.25, -0.2) is 0 Å². The Morgan fingerprint density at radius 2 is 1.95 bits per heavy atom. The van der Waals surface area contributed by atoms with Gasteiger partial charge in [-0.3, -0.25) is 4.79 Å². The van der Waals surface area contributed by atoms with E-state index in [1.54, 1.807) is 24.3 Å². The SMILES string of the molecule is CC(C)COc1ccc(NC(=O)C2(C)CC2C(F)(F)F)cc1. The van der Waals surface area contributed by atoms with Gasteiger partial charge in [0.1, 0.15) is 5.75 Å². The van der Waals surface area contributed by atoms with E-state index in [-0.39, 0.29) is 6.42 Å². The van der Waals surface area contributed by atoms with E-state index < -0.39 is 23.4 Å². The normalized spacial score (nSPS) is 24.2. The molecule has 1 fully saturated rings. The highest BCUT2D eigenvalue weighted by molar-refractivity contribution is 5.97. The summed E-state index contributed by atoms with van der Waals surface area (Å²) in [6.45, 7) is 5.99. The zero-order valence-electron chi connectivity index (χ0n) is 12.8. The molecule has 1 N–H and O–H groups in total. The molecule has 6 heteroatoms. The molecule has 1 aliphatic carbocycles. The predicted octanol–water partition coefficient (Wildman–Crippen LogP) is 4.25. The Kier molecular flexibility index (Phi) is 4.40. The van der Waals surface area contributed by atoms with Gasteiger partial charge < -0.3 is 10.1 Å². The number of hydrogen-bond donors (Lipinski definition) is 1. The first-order valence-electron chi connectivity index (χ1n) is 7.24. The van der Waals surface area contributed by atoms with E-state index in [0.29, 0.717) is 24.0 Å². The van der Waals surface area contributed by atoms with Crippen molar-refractivity contribution in [3.05, 3.63) is 24.3 Å². The van der Waals surface area contributed by atoms with E-state index in [1.165, 1.54) is 6.92 Å². The molecule has 0 saturated heterocycles. The summed E-state index contributed by atoms with van der Waals surface area (Å²) >= 11 is 0. The molecule has 2 atom stereocenters. The minimum atomic E-state index is -4.32. The van der Waals surface area contributed by atoms with E-state index >= 15 is 0 Å². The van der Waals surface area contributed by atoms with Gasteiger partial charge in [-0.1, -0.05) is 20.8 Å². The number of halogens is 3. The van der Waals surface area contributed by atoms with Crippen LogP contribution in [0.3, 0.4) is 0 Å². The lowest BCUT2D eigenvalue weighted by atomic mass is 10.1. The molecule has 0 radical (unpaired) electrons. The highest BCUT2D eigenvalue weighted by Crippen LogP contribution is 2.60. The molecule has 2 unspecified atom stereocenters. The molecular weight excluding hydrogens is 295 g/mol. The summed E-state index contributed by atoms with van der Waals surface area (Å²) < 4.78 is 43.4. The average Bonchev–Trinajstić information content (AvgIpc) is 3.12. The number of anilines is 1. The number of benzene rings is 1. The topological polar surface area (TPSA) is 38.3 Å². The van der Waals surface area contributed by atoms with Crippen LogP contribution in [0, 0.1) is 17.3 Å². The van der Waals surface area contributed by atoms with Gasteiger partial charge in [-0.05, 0) is 36.6 Å². The molecule has 1 aliphatic rings. The smallest absolute Gasteiger partial charge is 0.392 e. The highest BCUT2D eigenvalue weighted by Gasteiger charge is 2.67. The fourth-order valence-electron chi connectivity index (χ4n) is 2.26. The molecule has 1 aromatic carbocycles. The molecule has 22 heavy (non-hydrogen) atoms. The molecule has 0 aliphatic heterocycles. The van der Waals surface area contributed by atoms with E-state index in [1.807, 2.05) is 13.8 Å². The van der Waals surface area contributed by atoms with Crippen molar-refractivity contribution >= 4 is 11.6 Å². The molecule has 2 rings (SSSR count). The van der Waals surface area contributed by atoms with Gasteiger partial charge in [0.25, 0.3) is 0 Å². The van der Waals surface area contributed by atoms with Crippen LogP contribution in [0.1, 0.15) is 27.2 Å². The van der Waals surface area contributed by atoms with Crippen LogP contribution in [0.4, 0.5) is 18.9 Å². The number of nitrogens with one attached hydrogen (secondary N) is 1. The Bertz CT molecular complexity index is 539. The van der Waals surface area contributed by atoms with Crippen molar-refractivity contribution in [1.82, 2.24) is 0 Å². The van der Waals surface area contributed by atoms with E-state index in [4.69, 9.17) is 4.74 Å². The second kappa shape index (κ2) is 5.82. The van der Waals surface area contributed by atoms with Gasteiger partial charge in [-0.2, -0.15) is 13.2 Å². The molecule has 122 valence electrons. The van der Waals surface area contributed by atoms with Gasteiger partial charge in [0, 0.05) is 5.69 Å². The second-order valence-corrected chi connectivity index (χ2v) is 6.40. The number of amides is 1. The Morgan fingerprint density at radius 1 is 1.36 bits per heavy atom. The zero-order valence-corrected chi connectivity index (χ0v) is 12.8. The fourth-order valence-corrected chi connectivity index (χ4v) is 2.26. The number of carbonyl (C=O) groups excluding carboxylic acids is 1.